The molecule has 0 radical (unpaired) electrons. The Kier molecular flexibility index (Phi) is 5.40. The summed E-state index contributed by atoms with van der Waals surface area (Å²) in [6.45, 7) is 0.258. The minimum absolute atomic E-state index is 0.0256. The molecule has 1 rings (SSSR count). The molecule has 8 heteroatoms. The van der Waals surface area contributed by atoms with Crippen LogP contribution in [0.4, 0.5) is 0 Å². The average molecular weight is 312 g/mol. The number of likely N-dealkylation sites (N-methyl/N-ethyl adjacent to an activating group) is 1. The normalized spacial score (nSPS) is 11.6. The molecule has 0 heterocycles. The molecule has 0 fully saturated rings. The number of carbonyl (C=O) groups is 1. The number of carbonyl (C=O) groups excluding carboxylic acids is 1. The van der Waals surface area contributed by atoms with Crippen LogP contribution in [-0.4, -0.2) is 39.4 Å². The Bertz CT molecular complexity index is 533. The molecule has 100 valence electrons. The molecule has 0 aliphatic heterocycles. The Hall–Kier alpha value is -0.820. The van der Waals surface area contributed by atoms with E-state index in [0.717, 1.165) is 4.31 Å². The zero-order valence-corrected chi connectivity index (χ0v) is 11.8. The Morgan fingerprint density at radius 2 is 2.06 bits per heavy atom. The summed E-state index contributed by atoms with van der Waals surface area (Å²) >= 11 is 11.6. The molecule has 1 aromatic rings. The summed E-state index contributed by atoms with van der Waals surface area (Å²) in [6, 6.07) is 4.36. The van der Waals surface area contributed by atoms with Gasteiger partial charge < -0.3 is 4.74 Å². The van der Waals surface area contributed by atoms with E-state index in [4.69, 9.17) is 23.2 Å². The van der Waals surface area contributed by atoms with Crippen LogP contribution in [0.3, 0.4) is 0 Å². The summed E-state index contributed by atoms with van der Waals surface area (Å²) in [4.78, 5) is 9.90. The largest absolute Gasteiger partial charge is 0.466 e. The van der Waals surface area contributed by atoms with Gasteiger partial charge in [-0.3, -0.25) is 4.79 Å². The summed E-state index contributed by atoms with van der Waals surface area (Å²) in [5, 5.41) is 0.137. The van der Waals surface area contributed by atoms with Crippen LogP contribution in [0.25, 0.3) is 0 Å². The van der Waals surface area contributed by atoms with Gasteiger partial charge in [0.2, 0.25) is 10.0 Å². The molecule has 0 saturated carbocycles. The summed E-state index contributed by atoms with van der Waals surface area (Å²) in [5.74, 6) is 0. The first kappa shape index (κ1) is 15.2. The molecule has 0 spiro atoms. The Morgan fingerprint density at radius 1 is 1.39 bits per heavy atom. The van der Waals surface area contributed by atoms with Crippen LogP contribution < -0.4 is 0 Å². The second-order valence-corrected chi connectivity index (χ2v) is 6.14. The lowest BCUT2D eigenvalue weighted by Gasteiger charge is -2.17. The van der Waals surface area contributed by atoms with Gasteiger partial charge in [0.05, 0.1) is 10.0 Å². The van der Waals surface area contributed by atoms with Crippen molar-refractivity contribution >= 4 is 39.7 Å². The van der Waals surface area contributed by atoms with E-state index < -0.39 is 10.0 Å². The molecule has 0 amide bonds. The van der Waals surface area contributed by atoms with Gasteiger partial charge >= 0.3 is 0 Å². The lowest BCUT2D eigenvalue weighted by molar-refractivity contribution is -0.128. The molecule has 0 aliphatic rings. The molecule has 0 saturated heterocycles. The molecule has 0 aromatic heterocycles. The number of hydrogen-bond donors (Lipinski definition) is 0. The van der Waals surface area contributed by atoms with Gasteiger partial charge in [-0.2, -0.15) is 4.31 Å². The standard InChI is InChI=1S/C10H11Cl2NO4S/c1-13(5-6-17-7-14)18(15,16)9-4-2-3-8(11)10(9)12/h2-4,7H,5-6H2,1H3. The van der Waals surface area contributed by atoms with Crippen molar-refractivity contribution < 1.29 is 17.9 Å². The number of sulfonamides is 1. The van der Waals surface area contributed by atoms with Crippen molar-refractivity contribution in [1.29, 1.82) is 0 Å². The summed E-state index contributed by atoms with van der Waals surface area (Å²) in [5.41, 5.74) is 0. The third kappa shape index (κ3) is 3.35. The third-order valence-electron chi connectivity index (χ3n) is 2.20. The van der Waals surface area contributed by atoms with E-state index in [2.05, 4.69) is 4.74 Å². The summed E-state index contributed by atoms with van der Waals surface area (Å²) < 4.78 is 29.8. The maximum absolute atomic E-state index is 12.1. The van der Waals surface area contributed by atoms with Gasteiger partial charge in [0, 0.05) is 13.6 Å². The summed E-state index contributed by atoms with van der Waals surface area (Å²) in [6.07, 6.45) is 0. The second-order valence-electron chi connectivity index (χ2n) is 3.35. The van der Waals surface area contributed by atoms with E-state index in [1.807, 2.05) is 0 Å². The Labute approximate surface area is 115 Å². The predicted molar refractivity (Wildman–Crippen MR) is 68.3 cm³/mol. The maximum atomic E-state index is 12.1. The average Bonchev–Trinajstić information content (AvgIpc) is 2.32. The van der Waals surface area contributed by atoms with Crippen LogP contribution in [0.15, 0.2) is 23.1 Å². The highest BCUT2D eigenvalue weighted by molar-refractivity contribution is 7.89. The SMILES string of the molecule is CN(CCOC=O)S(=O)(=O)c1cccc(Cl)c1Cl. The number of halogens is 2. The van der Waals surface area contributed by atoms with Gasteiger partial charge in [-0.25, -0.2) is 8.42 Å². The molecular weight excluding hydrogens is 301 g/mol. The number of benzene rings is 1. The number of hydrogen-bond acceptors (Lipinski definition) is 4. The zero-order chi connectivity index (χ0) is 13.8. The minimum atomic E-state index is -3.75. The quantitative estimate of drug-likeness (QED) is 0.593. The van der Waals surface area contributed by atoms with Gasteiger partial charge in [0.25, 0.3) is 6.47 Å². The minimum Gasteiger partial charge on any atom is -0.466 e. The van der Waals surface area contributed by atoms with Crippen LogP contribution >= 0.6 is 23.2 Å². The lowest BCUT2D eigenvalue weighted by Crippen LogP contribution is -2.30. The maximum Gasteiger partial charge on any atom is 0.293 e. The van der Waals surface area contributed by atoms with Crippen LogP contribution in [0.1, 0.15) is 0 Å². The van der Waals surface area contributed by atoms with Crippen LogP contribution in [-0.2, 0) is 19.6 Å². The molecule has 0 atom stereocenters. The van der Waals surface area contributed by atoms with Gasteiger partial charge in [-0.05, 0) is 12.1 Å². The zero-order valence-electron chi connectivity index (χ0n) is 9.47. The second kappa shape index (κ2) is 6.38. The van der Waals surface area contributed by atoms with Gasteiger partial charge in [-0.1, -0.05) is 29.3 Å². The van der Waals surface area contributed by atoms with E-state index in [9.17, 15) is 13.2 Å². The van der Waals surface area contributed by atoms with E-state index >= 15 is 0 Å². The fourth-order valence-electron chi connectivity index (χ4n) is 1.20. The number of ether oxygens (including phenoxy) is 1. The number of nitrogens with zero attached hydrogens (tertiary/aromatic N) is 1. The monoisotopic (exact) mass is 311 g/mol. The highest BCUT2D eigenvalue weighted by atomic mass is 35.5. The third-order valence-corrected chi connectivity index (χ3v) is 5.03. The molecule has 18 heavy (non-hydrogen) atoms. The van der Waals surface area contributed by atoms with Crippen molar-refractivity contribution in [2.24, 2.45) is 0 Å². The van der Waals surface area contributed by atoms with E-state index in [1.54, 1.807) is 0 Å². The molecular formula is C10H11Cl2NO4S. The highest BCUT2D eigenvalue weighted by Gasteiger charge is 2.24. The van der Waals surface area contributed by atoms with Crippen molar-refractivity contribution in [1.82, 2.24) is 4.31 Å². The van der Waals surface area contributed by atoms with Crippen molar-refractivity contribution in [3.05, 3.63) is 28.2 Å². The Morgan fingerprint density at radius 3 is 2.67 bits per heavy atom. The van der Waals surface area contributed by atoms with Crippen LogP contribution in [0.5, 0.6) is 0 Å². The van der Waals surface area contributed by atoms with Crippen molar-refractivity contribution in [3.63, 3.8) is 0 Å². The first-order valence-corrected chi connectivity index (χ1v) is 7.06. The number of rotatable bonds is 6. The first-order chi connectivity index (χ1) is 8.41. The fraction of sp³-hybridized carbons (Fsp3) is 0.300. The first-order valence-electron chi connectivity index (χ1n) is 4.87. The molecule has 0 unspecified atom stereocenters. The highest BCUT2D eigenvalue weighted by Crippen LogP contribution is 2.30. The molecule has 0 N–H and O–H groups in total. The van der Waals surface area contributed by atoms with E-state index in [0.29, 0.717) is 0 Å². The van der Waals surface area contributed by atoms with Crippen molar-refractivity contribution in [3.8, 4) is 0 Å². The lowest BCUT2D eigenvalue weighted by atomic mass is 10.4. The van der Waals surface area contributed by atoms with Gasteiger partial charge in [0.1, 0.15) is 11.5 Å². The smallest absolute Gasteiger partial charge is 0.293 e. The van der Waals surface area contributed by atoms with Crippen LogP contribution in [0, 0.1) is 0 Å². The van der Waals surface area contributed by atoms with E-state index in [-0.39, 0.29) is 34.6 Å². The van der Waals surface area contributed by atoms with Crippen molar-refractivity contribution in [2.45, 2.75) is 4.90 Å². The topological polar surface area (TPSA) is 63.7 Å². The van der Waals surface area contributed by atoms with Crippen molar-refractivity contribution in [2.75, 3.05) is 20.2 Å². The molecule has 0 bridgehead atoms. The molecule has 5 nitrogen and oxygen atoms in total. The predicted octanol–water partition coefficient (Wildman–Crippen LogP) is 1.79. The van der Waals surface area contributed by atoms with E-state index in [1.165, 1.54) is 25.2 Å². The molecule has 0 aliphatic carbocycles. The molecule has 1 aromatic carbocycles. The Balaban J connectivity index is 2.98. The van der Waals surface area contributed by atoms with Crippen LogP contribution in [0.2, 0.25) is 10.0 Å². The fourth-order valence-corrected chi connectivity index (χ4v) is 3.09. The summed E-state index contributed by atoms with van der Waals surface area (Å²) in [7, 11) is -2.39. The van der Waals surface area contributed by atoms with Gasteiger partial charge in [-0.15, -0.1) is 0 Å². The van der Waals surface area contributed by atoms with Gasteiger partial charge in [0.15, 0.2) is 0 Å².